The van der Waals surface area contributed by atoms with Crippen LogP contribution in [0.25, 0.3) is 0 Å². The summed E-state index contributed by atoms with van der Waals surface area (Å²) in [4.78, 5) is 50.9. The van der Waals surface area contributed by atoms with Gasteiger partial charge in [0.25, 0.3) is 17.7 Å². The van der Waals surface area contributed by atoms with E-state index in [2.05, 4.69) is 5.32 Å². The lowest BCUT2D eigenvalue weighted by Gasteiger charge is -2.14. The third-order valence-corrected chi connectivity index (χ3v) is 5.15. The second-order valence-corrected chi connectivity index (χ2v) is 7.45. The minimum atomic E-state index is -0.991. The smallest absolute Gasteiger partial charge is 0.338 e. The van der Waals surface area contributed by atoms with E-state index < -0.39 is 23.9 Å². The molecule has 0 fully saturated rings. The molecule has 2 aromatic rings. The molecule has 7 nitrogen and oxygen atoms in total. The quantitative estimate of drug-likeness (QED) is 0.495. The van der Waals surface area contributed by atoms with E-state index in [1.54, 1.807) is 0 Å². The lowest BCUT2D eigenvalue weighted by molar-refractivity contribution is -0.129. The Morgan fingerprint density at radius 1 is 1.03 bits per heavy atom. The number of ether oxygens (including phenoxy) is 1. The molecule has 1 aliphatic heterocycles. The highest BCUT2D eigenvalue weighted by Gasteiger charge is 2.35. The van der Waals surface area contributed by atoms with Crippen LogP contribution < -0.4 is 5.32 Å². The number of unbranched alkanes of at least 4 members (excludes halogenated alkanes) is 1. The van der Waals surface area contributed by atoms with E-state index in [0.29, 0.717) is 19.5 Å². The summed E-state index contributed by atoms with van der Waals surface area (Å²) in [5.41, 5.74) is 1.69. The molecule has 3 amide bonds. The number of hydrogen-bond donors (Lipinski definition) is 1. The Hall–Kier alpha value is -3.48. The molecule has 2 aromatic carbocycles. The molecule has 1 heterocycles. The maximum atomic E-state index is 12.5. The molecule has 7 heteroatoms. The van der Waals surface area contributed by atoms with Gasteiger partial charge in [-0.15, -0.1) is 0 Å². The van der Waals surface area contributed by atoms with Crippen molar-refractivity contribution < 1.29 is 23.9 Å². The standard InChI is InChI=1S/C24H26N2O5/c1-3-4-14-26-22(28)19-11-10-18(15-20(19)23(26)29)24(30)31-16(2)21(27)25-13-12-17-8-6-5-7-9-17/h5-11,15-16H,3-4,12-14H2,1-2H3,(H,25,27)/t16-/m0/s1. The molecule has 0 spiro atoms. The van der Waals surface area contributed by atoms with E-state index in [9.17, 15) is 19.2 Å². The van der Waals surface area contributed by atoms with Crippen LogP contribution in [0.15, 0.2) is 48.5 Å². The third-order valence-electron chi connectivity index (χ3n) is 5.15. The Bertz CT molecular complexity index is 987. The predicted octanol–water partition coefficient (Wildman–Crippen LogP) is 2.99. The lowest BCUT2D eigenvalue weighted by Crippen LogP contribution is -2.36. The molecular formula is C24H26N2O5. The van der Waals surface area contributed by atoms with Gasteiger partial charge >= 0.3 is 5.97 Å². The van der Waals surface area contributed by atoms with E-state index in [-0.39, 0.29) is 22.6 Å². The van der Waals surface area contributed by atoms with Gasteiger partial charge in [0.05, 0.1) is 16.7 Å². The summed E-state index contributed by atoms with van der Waals surface area (Å²) in [5, 5.41) is 2.75. The van der Waals surface area contributed by atoms with E-state index in [1.807, 2.05) is 37.3 Å². The van der Waals surface area contributed by atoms with Crippen LogP contribution in [0.5, 0.6) is 0 Å². The molecule has 0 saturated heterocycles. The highest BCUT2D eigenvalue weighted by atomic mass is 16.5. The number of rotatable bonds is 9. The first-order chi connectivity index (χ1) is 14.9. The van der Waals surface area contributed by atoms with Crippen LogP contribution in [0.2, 0.25) is 0 Å². The zero-order valence-electron chi connectivity index (χ0n) is 17.7. The molecule has 1 atom stereocenters. The highest BCUT2D eigenvalue weighted by Crippen LogP contribution is 2.25. The van der Waals surface area contributed by atoms with Gasteiger partial charge in [-0.1, -0.05) is 43.7 Å². The normalized spacial score (nSPS) is 13.7. The van der Waals surface area contributed by atoms with Crippen molar-refractivity contribution in [1.29, 1.82) is 0 Å². The number of carbonyl (C=O) groups is 4. The van der Waals surface area contributed by atoms with Gasteiger partial charge in [0.15, 0.2) is 6.10 Å². The van der Waals surface area contributed by atoms with Gasteiger partial charge in [0, 0.05) is 13.1 Å². The van der Waals surface area contributed by atoms with Crippen LogP contribution in [0, 0.1) is 0 Å². The van der Waals surface area contributed by atoms with Crippen molar-refractivity contribution in [2.24, 2.45) is 0 Å². The Morgan fingerprint density at radius 3 is 2.45 bits per heavy atom. The lowest BCUT2D eigenvalue weighted by atomic mass is 10.1. The minimum Gasteiger partial charge on any atom is -0.449 e. The summed E-state index contributed by atoms with van der Waals surface area (Å²) < 4.78 is 5.25. The highest BCUT2D eigenvalue weighted by molar-refractivity contribution is 6.22. The van der Waals surface area contributed by atoms with Gasteiger partial charge in [-0.05, 0) is 43.5 Å². The van der Waals surface area contributed by atoms with Crippen LogP contribution in [0.3, 0.4) is 0 Å². The molecule has 3 rings (SSSR count). The second kappa shape index (κ2) is 10.0. The van der Waals surface area contributed by atoms with Gasteiger partial charge in [-0.3, -0.25) is 19.3 Å². The predicted molar refractivity (Wildman–Crippen MR) is 115 cm³/mol. The van der Waals surface area contributed by atoms with E-state index >= 15 is 0 Å². The summed E-state index contributed by atoms with van der Waals surface area (Å²) in [6, 6.07) is 14.0. The molecule has 0 radical (unpaired) electrons. The van der Waals surface area contributed by atoms with Crippen LogP contribution in [-0.2, 0) is 16.0 Å². The molecule has 0 saturated carbocycles. The average Bonchev–Trinajstić information content (AvgIpc) is 3.02. The monoisotopic (exact) mass is 422 g/mol. The maximum Gasteiger partial charge on any atom is 0.338 e. The van der Waals surface area contributed by atoms with Crippen LogP contribution in [0.4, 0.5) is 0 Å². The van der Waals surface area contributed by atoms with Gasteiger partial charge in [-0.2, -0.15) is 0 Å². The first-order valence-electron chi connectivity index (χ1n) is 10.4. The number of amides is 3. The van der Waals surface area contributed by atoms with Gasteiger partial charge in [0.2, 0.25) is 0 Å². The Kier molecular flexibility index (Phi) is 7.18. The SMILES string of the molecule is CCCCN1C(=O)c2ccc(C(=O)O[C@@H](C)C(=O)NCCc3ccccc3)cc2C1=O. The molecule has 0 aromatic heterocycles. The van der Waals surface area contributed by atoms with Gasteiger partial charge in [-0.25, -0.2) is 4.79 Å². The van der Waals surface area contributed by atoms with Crippen molar-refractivity contribution in [3.05, 3.63) is 70.8 Å². The molecule has 0 unspecified atom stereocenters. The fourth-order valence-electron chi connectivity index (χ4n) is 3.34. The number of carbonyl (C=O) groups excluding carboxylic acids is 4. The zero-order valence-corrected chi connectivity index (χ0v) is 17.7. The van der Waals surface area contributed by atoms with Crippen LogP contribution >= 0.6 is 0 Å². The molecule has 1 N–H and O–H groups in total. The topological polar surface area (TPSA) is 92.8 Å². The second-order valence-electron chi connectivity index (χ2n) is 7.45. The number of nitrogens with one attached hydrogen (secondary N) is 1. The average molecular weight is 422 g/mol. The fourth-order valence-corrected chi connectivity index (χ4v) is 3.34. The van der Waals surface area contributed by atoms with Crippen molar-refractivity contribution in [1.82, 2.24) is 10.2 Å². The van der Waals surface area contributed by atoms with Crippen LogP contribution in [-0.4, -0.2) is 47.8 Å². The summed E-state index contributed by atoms with van der Waals surface area (Å²) in [6.07, 6.45) is 1.26. The molecule has 1 aliphatic rings. The number of benzene rings is 2. The van der Waals surface area contributed by atoms with Crippen molar-refractivity contribution in [3.63, 3.8) is 0 Å². The Morgan fingerprint density at radius 2 is 1.74 bits per heavy atom. The summed E-state index contributed by atoms with van der Waals surface area (Å²) in [7, 11) is 0. The Balaban J connectivity index is 1.57. The van der Waals surface area contributed by atoms with Gasteiger partial charge in [0.1, 0.15) is 0 Å². The first kappa shape index (κ1) is 22.2. The largest absolute Gasteiger partial charge is 0.449 e. The molecule has 31 heavy (non-hydrogen) atoms. The maximum absolute atomic E-state index is 12.5. The Labute approximate surface area is 181 Å². The van der Waals surface area contributed by atoms with Crippen LogP contribution in [0.1, 0.15) is 63.3 Å². The number of esters is 1. The number of hydrogen-bond acceptors (Lipinski definition) is 5. The third kappa shape index (κ3) is 5.17. The molecule has 0 bridgehead atoms. The zero-order chi connectivity index (χ0) is 22.4. The van der Waals surface area contributed by atoms with Crippen molar-refractivity contribution in [3.8, 4) is 0 Å². The number of fused-ring (bicyclic) bond motifs is 1. The fraction of sp³-hybridized carbons (Fsp3) is 0.333. The number of imide groups is 1. The van der Waals surface area contributed by atoms with E-state index in [4.69, 9.17) is 4.74 Å². The van der Waals surface area contributed by atoms with E-state index in [0.717, 1.165) is 18.4 Å². The molecule has 0 aliphatic carbocycles. The summed E-state index contributed by atoms with van der Waals surface area (Å²) >= 11 is 0. The molecular weight excluding hydrogens is 396 g/mol. The van der Waals surface area contributed by atoms with Gasteiger partial charge < -0.3 is 10.1 Å². The number of nitrogens with zero attached hydrogens (tertiary/aromatic N) is 1. The summed E-state index contributed by atoms with van der Waals surface area (Å²) in [5.74, 6) is -1.88. The van der Waals surface area contributed by atoms with Crippen molar-refractivity contribution >= 4 is 23.7 Å². The first-order valence-corrected chi connectivity index (χ1v) is 10.4. The van der Waals surface area contributed by atoms with E-state index in [1.165, 1.54) is 30.0 Å². The summed E-state index contributed by atoms with van der Waals surface area (Å²) in [6.45, 7) is 4.24. The molecule has 162 valence electrons. The van der Waals surface area contributed by atoms with Crippen molar-refractivity contribution in [2.75, 3.05) is 13.1 Å². The minimum absolute atomic E-state index is 0.126. The van der Waals surface area contributed by atoms with Crippen molar-refractivity contribution in [2.45, 2.75) is 39.2 Å².